The first-order valence-corrected chi connectivity index (χ1v) is 11.5. The molecule has 6 heteroatoms. The molecule has 0 aromatic heterocycles. The number of hydrogen-bond donors (Lipinski definition) is 1. The molecule has 1 amide bonds. The number of carbonyl (C=O) groups excluding carboxylic acids is 2. The summed E-state index contributed by atoms with van der Waals surface area (Å²) in [7, 11) is 1.70. The molecular weight excluding hydrogens is 390 g/mol. The molecule has 0 spiro atoms. The van der Waals surface area contributed by atoms with Crippen molar-refractivity contribution in [3.05, 3.63) is 36.4 Å². The van der Waals surface area contributed by atoms with E-state index in [-0.39, 0.29) is 29.6 Å². The summed E-state index contributed by atoms with van der Waals surface area (Å²) in [5, 5.41) is 5.48. The Morgan fingerprint density at radius 2 is 1.77 bits per heavy atom. The van der Waals surface area contributed by atoms with Crippen molar-refractivity contribution in [1.29, 1.82) is 0 Å². The lowest BCUT2D eigenvalue weighted by Gasteiger charge is -2.38. The molecule has 1 atom stereocenters. The second-order valence-corrected chi connectivity index (χ2v) is 9.16. The third kappa shape index (κ3) is 4.54. The number of methoxy groups -OCH3 is 1. The van der Waals surface area contributed by atoms with Crippen molar-refractivity contribution in [3.8, 4) is 5.75 Å². The Morgan fingerprint density at radius 1 is 1.03 bits per heavy atom. The second kappa shape index (κ2) is 8.50. The zero-order chi connectivity index (χ0) is 21.4. The van der Waals surface area contributed by atoms with Gasteiger partial charge in [0.1, 0.15) is 11.8 Å². The van der Waals surface area contributed by atoms with Gasteiger partial charge < -0.3 is 15.0 Å². The first-order chi connectivity index (χ1) is 15.1. The maximum absolute atomic E-state index is 12.8. The van der Waals surface area contributed by atoms with Crippen LogP contribution in [-0.2, 0) is 9.59 Å². The molecule has 1 aliphatic heterocycles. The number of rotatable bonds is 8. The standard InChI is InChI=1S/C25H31N3O3/c1-31-20-10-9-17-3-2-4-23(21(17)15-20)28-13-11-27(12-14-28)16-22(24(29)18-5-6-18)26-25(30)19-7-8-19/h2-4,9-10,15,18-19,22H,5-8,11-14,16H2,1H3,(H,26,30). The van der Waals surface area contributed by atoms with Gasteiger partial charge in [-0.2, -0.15) is 0 Å². The maximum Gasteiger partial charge on any atom is 0.223 e. The molecule has 2 saturated carbocycles. The summed E-state index contributed by atoms with van der Waals surface area (Å²) in [4.78, 5) is 29.9. The summed E-state index contributed by atoms with van der Waals surface area (Å²) in [6, 6.07) is 12.3. The van der Waals surface area contributed by atoms with E-state index in [1.807, 2.05) is 6.07 Å². The van der Waals surface area contributed by atoms with Crippen LogP contribution in [0.15, 0.2) is 36.4 Å². The molecule has 3 aliphatic rings. The summed E-state index contributed by atoms with van der Waals surface area (Å²) >= 11 is 0. The van der Waals surface area contributed by atoms with Crippen molar-refractivity contribution in [2.24, 2.45) is 11.8 Å². The summed E-state index contributed by atoms with van der Waals surface area (Å²) in [6.45, 7) is 4.20. The van der Waals surface area contributed by atoms with Gasteiger partial charge in [-0.1, -0.05) is 18.2 Å². The van der Waals surface area contributed by atoms with Crippen LogP contribution in [-0.4, -0.2) is 62.5 Å². The number of hydrogen-bond acceptors (Lipinski definition) is 5. The molecule has 2 aromatic carbocycles. The smallest absolute Gasteiger partial charge is 0.223 e. The Balaban J connectivity index is 1.25. The summed E-state index contributed by atoms with van der Waals surface area (Å²) in [5.41, 5.74) is 1.23. The predicted molar refractivity (Wildman–Crippen MR) is 122 cm³/mol. The highest BCUT2D eigenvalue weighted by molar-refractivity contribution is 5.95. The van der Waals surface area contributed by atoms with Crippen molar-refractivity contribution < 1.29 is 14.3 Å². The van der Waals surface area contributed by atoms with Crippen LogP contribution in [0.5, 0.6) is 5.75 Å². The van der Waals surface area contributed by atoms with Crippen LogP contribution in [0.1, 0.15) is 25.7 Å². The average Bonchev–Trinajstić information content (AvgIpc) is 3.71. The molecule has 2 aromatic rings. The Hall–Kier alpha value is -2.60. The molecule has 164 valence electrons. The van der Waals surface area contributed by atoms with Gasteiger partial charge in [-0.05, 0) is 49.3 Å². The molecule has 2 aliphatic carbocycles. The molecule has 1 saturated heterocycles. The number of ketones is 1. The molecule has 3 fully saturated rings. The van der Waals surface area contributed by atoms with Crippen LogP contribution in [0.3, 0.4) is 0 Å². The zero-order valence-electron chi connectivity index (χ0n) is 18.2. The van der Waals surface area contributed by atoms with E-state index in [2.05, 4.69) is 45.4 Å². The number of amides is 1. The monoisotopic (exact) mass is 421 g/mol. The minimum absolute atomic E-state index is 0.0716. The Kier molecular flexibility index (Phi) is 5.57. The van der Waals surface area contributed by atoms with Gasteiger partial charge in [0.25, 0.3) is 0 Å². The molecule has 0 bridgehead atoms. The number of carbonyl (C=O) groups is 2. The van der Waals surface area contributed by atoms with Gasteiger partial charge in [0, 0.05) is 55.6 Å². The fraction of sp³-hybridized carbons (Fsp3) is 0.520. The Labute approximate surface area is 183 Å². The third-order valence-corrected chi connectivity index (χ3v) is 6.81. The molecule has 5 rings (SSSR count). The minimum Gasteiger partial charge on any atom is -0.497 e. The fourth-order valence-corrected chi connectivity index (χ4v) is 4.56. The predicted octanol–water partition coefficient (Wildman–Crippen LogP) is 2.84. The van der Waals surface area contributed by atoms with E-state index in [0.29, 0.717) is 6.54 Å². The van der Waals surface area contributed by atoms with Crippen molar-refractivity contribution in [2.75, 3.05) is 44.7 Å². The number of fused-ring (bicyclic) bond motifs is 1. The first kappa shape index (κ1) is 20.3. The first-order valence-electron chi connectivity index (χ1n) is 11.5. The lowest BCUT2D eigenvalue weighted by molar-refractivity contribution is -0.129. The lowest BCUT2D eigenvalue weighted by Crippen LogP contribution is -2.54. The van der Waals surface area contributed by atoms with E-state index >= 15 is 0 Å². The van der Waals surface area contributed by atoms with E-state index in [4.69, 9.17) is 4.74 Å². The summed E-state index contributed by atoms with van der Waals surface area (Å²) in [5.74, 6) is 1.47. The van der Waals surface area contributed by atoms with E-state index < -0.39 is 0 Å². The van der Waals surface area contributed by atoms with Crippen molar-refractivity contribution in [2.45, 2.75) is 31.7 Å². The van der Waals surface area contributed by atoms with Gasteiger partial charge in [-0.25, -0.2) is 0 Å². The topological polar surface area (TPSA) is 61.9 Å². The van der Waals surface area contributed by atoms with Crippen LogP contribution in [0, 0.1) is 11.8 Å². The molecular formula is C25H31N3O3. The van der Waals surface area contributed by atoms with Crippen LogP contribution < -0.4 is 15.0 Å². The summed E-state index contributed by atoms with van der Waals surface area (Å²) in [6.07, 6.45) is 3.88. The highest BCUT2D eigenvalue weighted by Crippen LogP contribution is 2.33. The number of benzene rings is 2. The SMILES string of the molecule is COc1ccc2cccc(N3CCN(CC(NC(=O)C4CC4)C(=O)C4CC4)CC3)c2c1. The van der Waals surface area contributed by atoms with Gasteiger partial charge in [-0.15, -0.1) is 0 Å². The Bertz CT molecular complexity index is 975. The Morgan fingerprint density at radius 3 is 2.45 bits per heavy atom. The van der Waals surface area contributed by atoms with Crippen molar-refractivity contribution in [3.63, 3.8) is 0 Å². The van der Waals surface area contributed by atoms with Gasteiger partial charge in [0.05, 0.1) is 7.11 Å². The van der Waals surface area contributed by atoms with E-state index in [9.17, 15) is 9.59 Å². The van der Waals surface area contributed by atoms with Gasteiger partial charge in [0.15, 0.2) is 5.78 Å². The van der Waals surface area contributed by atoms with Crippen LogP contribution in [0.25, 0.3) is 10.8 Å². The lowest BCUT2D eigenvalue weighted by atomic mass is 10.1. The quantitative estimate of drug-likeness (QED) is 0.710. The number of anilines is 1. The molecule has 31 heavy (non-hydrogen) atoms. The van der Waals surface area contributed by atoms with Crippen molar-refractivity contribution >= 4 is 28.2 Å². The second-order valence-electron chi connectivity index (χ2n) is 9.16. The fourth-order valence-electron chi connectivity index (χ4n) is 4.56. The number of Topliss-reactive ketones (excluding diaryl/α,β-unsaturated/α-hetero) is 1. The van der Waals surface area contributed by atoms with Crippen LogP contribution in [0.2, 0.25) is 0 Å². The average molecular weight is 422 g/mol. The largest absolute Gasteiger partial charge is 0.497 e. The number of piperazine rings is 1. The third-order valence-electron chi connectivity index (χ3n) is 6.81. The zero-order valence-corrected chi connectivity index (χ0v) is 18.2. The molecule has 1 heterocycles. The highest BCUT2D eigenvalue weighted by atomic mass is 16.5. The molecule has 0 radical (unpaired) electrons. The number of ether oxygens (including phenoxy) is 1. The van der Waals surface area contributed by atoms with E-state index in [0.717, 1.165) is 57.6 Å². The minimum atomic E-state index is -0.353. The van der Waals surface area contributed by atoms with Gasteiger partial charge in [-0.3, -0.25) is 14.5 Å². The normalized spacial score (nSPS) is 20.5. The number of nitrogens with one attached hydrogen (secondary N) is 1. The summed E-state index contributed by atoms with van der Waals surface area (Å²) < 4.78 is 5.43. The van der Waals surface area contributed by atoms with E-state index in [1.54, 1.807) is 7.11 Å². The van der Waals surface area contributed by atoms with Gasteiger partial charge in [0.2, 0.25) is 5.91 Å². The molecule has 6 nitrogen and oxygen atoms in total. The van der Waals surface area contributed by atoms with Gasteiger partial charge >= 0.3 is 0 Å². The van der Waals surface area contributed by atoms with Crippen molar-refractivity contribution in [1.82, 2.24) is 10.2 Å². The molecule has 1 unspecified atom stereocenters. The highest BCUT2D eigenvalue weighted by Gasteiger charge is 2.39. The number of nitrogens with zero attached hydrogens (tertiary/aromatic N) is 2. The maximum atomic E-state index is 12.8. The molecule has 1 N–H and O–H groups in total. The van der Waals surface area contributed by atoms with Crippen LogP contribution >= 0.6 is 0 Å². The van der Waals surface area contributed by atoms with E-state index in [1.165, 1.54) is 16.5 Å². The van der Waals surface area contributed by atoms with Crippen LogP contribution in [0.4, 0.5) is 5.69 Å².